The van der Waals surface area contributed by atoms with E-state index in [2.05, 4.69) is 11.8 Å². The highest BCUT2D eigenvalue weighted by atomic mass is 19.4. The third kappa shape index (κ3) is 6.32. The summed E-state index contributed by atoms with van der Waals surface area (Å²) in [6, 6.07) is 7.16. The Labute approximate surface area is 121 Å². The molecule has 3 nitrogen and oxygen atoms in total. The van der Waals surface area contributed by atoms with Gasteiger partial charge in [0, 0.05) is 25.6 Å². The van der Waals surface area contributed by atoms with Crippen molar-refractivity contribution in [1.82, 2.24) is 4.90 Å². The van der Waals surface area contributed by atoms with Crippen molar-refractivity contribution in [3.63, 3.8) is 0 Å². The van der Waals surface area contributed by atoms with Gasteiger partial charge in [0.15, 0.2) is 0 Å². The Kier molecular flexibility index (Phi) is 6.25. The van der Waals surface area contributed by atoms with E-state index in [-0.39, 0.29) is 13.1 Å². The van der Waals surface area contributed by atoms with Crippen molar-refractivity contribution in [3.8, 4) is 11.8 Å². The van der Waals surface area contributed by atoms with Crippen LogP contribution in [-0.2, 0) is 11.3 Å². The number of hydrogen-bond acceptors (Lipinski definition) is 2. The van der Waals surface area contributed by atoms with E-state index in [1.807, 2.05) is 0 Å². The van der Waals surface area contributed by atoms with Gasteiger partial charge in [0.2, 0.25) is 5.91 Å². The van der Waals surface area contributed by atoms with E-state index in [0.29, 0.717) is 0 Å². The van der Waals surface area contributed by atoms with Crippen LogP contribution in [0.3, 0.4) is 0 Å². The predicted molar refractivity (Wildman–Crippen MR) is 74.1 cm³/mol. The number of amides is 1. The molecule has 0 aliphatic rings. The van der Waals surface area contributed by atoms with Crippen LogP contribution in [-0.4, -0.2) is 30.6 Å². The first-order valence-electron chi connectivity index (χ1n) is 6.41. The number of halogens is 3. The Balaban J connectivity index is 2.70. The first-order valence-corrected chi connectivity index (χ1v) is 6.41. The monoisotopic (exact) mass is 298 g/mol. The van der Waals surface area contributed by atoms with E-state index in [4.69, 9.17) is 5.73 Å². The van der Waals surface area contributed by atoms with Gasteiger partial charge in [-0.1, -0.05) is 30.0 Å². The van der Waals surface area contributed by atoms with E-state index in [1.165, 1.54) is 11.9 Å². The largest absolute Gasteiger partial charge is 0.389 e. The van der Waals surface area contributed by atoms with Gasteiger partial charge in [-0.2, -0.15) is 13.2 Å². The molecular formula is C15H17F3N2O. The third-order valence-corrected chi connectivity index (χ3v) is 2.80. The van der Waals surface area contributed by atoms with Crippen LogP contribution in [0.25, 0.3) is 0 Å². The Bertz CT molecular complexity index is 544. The van der Waals surface area contributed by atoms with Crippen LogP contribution < -0.4 is 5.73 Å². The molecule has 6 heteroatoms. The summed E-state index contributed by atoms with van der Waals surface area (Å²) in [6.07, 6.45) is -5.97. The highest BCUT2D eigenvalue weighted by Gasteiger charge is 2.28. The van der Waals surface area contributed by atoms with Gasteiger partial charge in [-0.25, -0.2) is 0 Å². The third-order valence-electron chi connectivity index (χ3n) is 2.80. The number of benzene rings is 1. The Morgan fingerprint density at radius 3 is 2.62 bits per heavy atom. The topological polar surface area (TPSA) is 46.3 Å². The van der Waals surface area contributed by atoms with E-state index < -0.39 is 24.9 Å². The zero-order chi connectivity index (χ0) is 15.9. The molecule has 0 unspecified atom stereocenters. The Hall–Kier alpha value is -2.00. The first kappa shape index (κ1) is 17.1. The second-order valence-electron chi connectivity index (χ2n) is 4.53. The molecule has 0 aromatic heterocycles. The zero-order valence-electron chi connectivity index (χ0n) is 11.7. The van der Waals surface area contributed by atoms with Gasteiger partial charge in [0.1, 0.15) is 0 Å². The first-order chi connectivity index (χ1) is 9.83. The lowest BCUT2D eigenvalue weighted by Crippen LogP contribution is -2.27. The van der Waals surface area contributed by atoms with Gasteiger partial charge >= 0.3 is 6.18 Å². The lowest BCUT2D eigenvalue weighted by atomic mass is 10.1. The standard InChI is InChI=1S/C15H17F3N2O/c1-20(14(21)8-9-15(16,17)18)11-13-6-3-2-5-12(13)7-4-10-19/h2-3,5-6H,8-11,19H2,1H3. The van der Waals surface area contributed by atoms with Gasteiger partial charge in [-0.05, 0) is 11.6 Å². The number of rotatable bonds is 4. The average Bonchev–Trinajstić information content (AvgIpc) is 2.43. The molecule has 1 aromatic rings. The van der Waals surface area contributed by atoms with E-state index >= 15 is 0 Å². The second kappa shape index (κ2) is 7.70. The molecular weight excluding hydrogens is 281 g/mol. The van der Waals surface area contributed by atoms with Crippen molar-refractivity contribution in [3.05, 3.63) is 35.4 Å². The fourth-order valence-electron chi connectivity index (χ4n) is 1.71. The van der Waals surface area contributed by atoms with Crippen LogP contribution in [0.4, 0.5) is 13.2 Å². The Morgan fingerprint density at radius 2 is 2.00 bits per heavy atom. The number of carbonyl (C=O) groups excluding carboxylic acids is 1. The number of alkyl halides is 3. The summed E-state index contributed by atoms with van der Waals surface area (Å²) in [4.78, 5) is 13.0. The van der Waals surface area contributed by atoms with Crippen molar-refractivity contribution in [2.75, 3.05) is 13.6 Å². The molecule has 0 fully saturated rings. The molecule has 21 heavy (non-hydrogen) atoms. The molecule has 0 saturated carbocycles. The number of carbonyl (C=O) groups is 1. The minimum Gasteiger partial charge on any atom is -0.341 e. The van der Waals surface area contributed by atoms with E-state index in [1.54, 1.807) is 24.3 Å². The molecule has 0 spiro atoms. The van der Waals surface area contributed by atoms with Crippen LogP contribution in [0.5, 0.6) is 0 Å². The summed E-state index contributed by atoms with van der Waals surface area (Å²) in [6.45, 7) is 0.431. The highest BCUT2D eigenvalue weighted by Crippen LogP contribution is 2.22. The molecule has 0 aliphatic carbocycles. The summed E-state index contributed by atoms with van der Waals surface area (Å²) >= 11 is 0. The van der Waals surface area contributed by atoms with Gasteiger partial charge < -0.3 is 10.6 Å². The van der Waals surface area contributed by atoms with Crippen molar-refractivity contribution in [2.24, 2.45) is 5.73 Å². The SMILES string of the molecule is CN(Cc1ccccc1C#CCN)C(=O)CCC(F)(F)F. The van der Waals surface area contributed by atoms with Crippen molar-refractivity contribution in [2.45, 2.75) is 25.6 Å². The highest BCUT2D eigenvalue weighted by molar-refractivity contribution is 5.76. The molecule has 114 valence electrons. The molecule has 0 bridgehead atoms. The minimum absolute atomic E-state index is 0.214. The summed E-state index contributed by atoms with van der Waals surface area (Å²) in [7, 11) is 1.48. The van der Waals surface area contributed by atoms with E-state index in [0.717, 1.165) is 11.1 Å². The minimum atomic E-state index is -4.32. The van der Waals surface area contributed by atoms with Crippen LogP contribution in [0, 0.1) is 11.8 Å². The summed E-state index contributed by atoms with van der Waals surface area (Å²) < 4.78 is 36.3. The fourth-order valence-corrected chi connectivity index (χ4v) is 1.71. The summed E-state index contributed by atoms with van der Waals surface area (Å²) in [5.74, 6) is 5.05. The summed E-state index contributed by atoms with van der Waals surface area (Å²) in [5, 5.41) is 0. The number of nitrogens with two attached hydrogens (primary N) is 1. The molecule has 0 saturated heterocycles. The van der Waals surface area contributed by atoms with Crippen molar-refractivity contribution >= 4 is 5.91 Å². The van der Waals surface area contributed by atoms with E-state index in [9.17, 15) is 18.0 Å². The smallest absolute Gasteiger partial charge is 0.341 e. The second-order valence-corrected chi connectivity index (χ2v) is 4.53. The van der Waals surface area contributed by atoms with Gasteiger partial charge in [0.25, 0.3) is 0 Å². The summed E-state index contributed by atoms with van der Waals surface area (Å²) in [5.41, 5.74) is 6.81. The van der Waals surface area contributed by atoms with Crippen LogP contribution in [0.1, 0.15) is 24.0 Å². The normalized spacial score (nSPS) is 10.7. The van der Waals surface area contributed by atoms with Gasteiger partial charge in [0.05, 0.1) is 13.0 Å². The molecule has 0 heterocycles. The number of hydrogen-bond donors (Lipinski definition) is 1. The van der Waals surface area contributed by atoms with Crippen molar-refractivity contribution < 1.29 is 18.0 Å². The molecule has 2 N–H and O–H groups in total. The molecule has 0 aliphatic heterocycles. The average molecular weight is 298 g/mol. The zero-order valence-corrected chi connectivity index (χ0v) is 11.7. The maximum absolute atomic E-state index is 12.1. The molecule has 0 radical (unpaired) electrons. The van der Waals surface area contributed by atoms with Gasteiger partial charge in [-0.3, -0.25) is 4.79 Å². The van der Waals surface area contributed by atoms with Crippen LogP contribution in [0.15, 0.2) is 24.3 Å². The fraction of sp³-hybridized carbons (Fsp3) is 0.400. The van der Waals surface area contributed by atoms with Gasteiger partial charge in [-0.15, -0.1) is 0 Å². The maximum Gasteiger partial charge on any atom is 0.389 e. The Morgan fingerprint density at radius 1 is 1.33 bits per heavy atom. The number of nitrogens with zero attached hydrogens (tertiary/aromatic N) is 1. The maximum atomic E-state index is 12.1. The molecule has 1 aromatic carbocycles. The quantitative estimate of drug-likeness (QED) is 0.867. The molecule has 1 rings (SSSR count). The van der Waals surface area contributed by atoms with Crippen LogP contribution >= 0.6 is 0 Å². The van der Waals surface area contributed by atoms with Crippen molar-refractivity contribution in [1.29, 1.82) is 0 Å². The molecule has 1 amide bonds. The lowest BCUT2D eigenvalue weighted by Gasteiger charge is -2.18. The lowest BCUT2D eigenvalue weighted by molar-refractivity contribution is -0.148. The van der Waals surface area contributed by atoms with Crippen LogP contribution in [0.2, 0.25) is 0 Å². The molecule has 0 atom stereocenters. The predicted octanol–water partition coefficient (Wildman–Crippen LogP) is 2.30.